The maximum atomic E-state index is 11.9. The van der Waals surface area contributed by atoms with E-state index in [1.54, 1.807) is 12.1 Å². The maximum Gasteiger partial charge on any atom is 0.251 e. The lowest BCUT2D eigenvalue weighted by Crippen LogP contribution is -2.37. The lowest BCUT2D eigenvalue weighted by atomic mass is 10.1. The molecule has 0 saturated carbocycles. The quantitative estimate of drug-likeness (QED) is 0.809. The summed E-state index contributed by atoms with van der Waals surface area (Å²) in [5, 5.41) is 2.80. The number of carbonyl (C=O) groups is 2. The minimum atomic E-state index is -0.118. The van der Waals surface area contributed by atoms with E-state index in [1.165, 1.54) is 6.42 Å². The summed E-state index contributed by atoms with van der Waals surface area (Å²) in [5.74, 6) is 0.0282. The highest BCUT2D eigenvalue weighted by molar-refractivity contribution is 14.1. The smallest absolute Gasteiger partial charge is 0.251 e. The van der Waals surface area contributed by atoms with Crippen molar-refractivity contribution in [3.63, 3.8) is 0 Å². The Morgan fingerprint density at radius 1 is 1.10 bits per heavy atom. The van der Waals surface area contributed by atoms with Gasteiger partial charge in [-0.3, -0.25) is 9.59 Å². The molecule has 1 N–H and O–H groups in total. The molecule has 0 aromatic heterocycles. The van der Waals surface area contributed by atoms with E-state index < -0.39 is 0 Å². The number of benzene rings is 1. The fourth-order valence-electron chi connectivity index (χ4n) is 2.29. The Kier molecular flexibility index (Phi) is 5.82. The van der Waals surface area contributed by atoms with Gasteiger partial charge in [-0.25, -0.2) is 0 Å². The van der Waals surface area contributed by atoms with Crippen LogP contribution in [-0.4, -0.2) is 36.3 Å². The van der Waals surface area contributed by atoms with Crippen molar-refractivity contribution >= 4 is 34.4 Å². The van der Waals surface area contributed by atoms with E-state index in [9.17, 15) is 9.59 Å². The molecule has 1 aliphatic rings. The van der Waals surface area contributed by atoms with Gasteiger partial charge in [0.05, 0.1) is 0 Å². The molecule has 108 valence electrons. The summed E-state index contributed by atoms with van der Waals surface area (Å²) in [7, 11) is 0. The molecule has 20 heavy (non-hydrogen) atoms. The molecule has 1 heterocycles. The van der Waals surface area contributed by atoms with Crippen LogP contribution in [-0.2, 0) is 4.79 Å². The van der Waals surface area contributed by atoms with Crippen LogP contribution >= 0.6 is 22.6 Å². The van der Waals surface area contributed by atoms with Gasteiger partial charge >= 0.3 is 0 Å². The van der Waals surface area contributed by atoms with Crippen molar-refractivity contribution < 1.29 is 9.59 Å². The summed E-state index contributed by atoms with van der Waals surface area (Å²) in [5.41, 5.74) is 0.635. The second-order valence-electron chi connectivity index (χ2n) is 4.95. The van der Waals surface area contributed by atoms with Gasteiger partial charge in [0.15, 0.2) is 0 Å². The van der Waals surface area contributed by atoms with Crippen LogP contribution in [0.2, 0.25) is 0 Å². The predicted molar refractivity (Wildman–Crippen MR) is 86.5 cm³/mol. The lowest BCUT2D eigenvalue weighted by molar-refractivity contribution is -0.131. The summed E-state index contributed by atoms with van der Waals surface area (Å²) in [6.07, 6.45) is 3.80. The Hall–Kier alpha value is -1.11. The first-order chi connectivity index (χ1) is 9.66. The van der Waals surface area contributed by atoms with E-state index in [0.29, 0.717) is 18.5 Å². The monoisotopic (exact) mass is 386 g/mol. The van der Waals surface area contributed by atoms with Crippen LogP contribution in [0.1, 0.15) is 36.0 Å². The van der Waals surface area contributed by atoms with Gasteiger partial charge in [-0.05, 0) is 66.1 Å². The number of hydrogen-bond donors (Lipinski definition) is 1. The van der Waals surface area contributed by atoms with E-state index in [0.717, 1.165) is 29.5 Å². The van der Waals surface area contributed by atoms with Crippen LogP contribution in [0.25, 0.3) is 0 Å². The summed E-state index contributed by atoms with van der Waals surface area (Å²) in [6.45, 7) is 2.13. The Labute approximate surface area is 133 Å². The molecular weight excluding hydrogens is 367 g/mol. The second-order valence-corrected chi connectivity index (χ2v) is 6.20. The molecule has 0 aliphatic carbocycles. The normalized spacial score (nSPS) is 14.9. The average Bonchev–Trinajstić information content (AvgIpc) is 2.48. The fraction of sp³-hybridized carbons (Fsp3) is 0.467. The van der Waals surface area contributed by atoms with Crippen molar-refractivity contribution in [1.82, 2.24) is 10.2 Å². The third kappa shape index (κ3) is 4.47. The zero-order valence-electron chi connectivity index (χ0n) is 11.4. The van der Waals surface area contributed by atoms with Gasteiger partial charge in [0.1, 0.15) is 0 Å². The Bertz CT molecular complexity index is 467. The molecule has 0 unspecified atom stereocenters. The number of hydrogen-bond acceptors (Lipinski definition) is 2. The maximum absolute atomic E-state index is 11.9. The van der Waals surface area contributed by atoms with Crippen molar-refractivity contribution in [3.05, 3.63) is 33.4 Å². The third-order valence-corrected chi connectivity index (χ3v) is 4.16. The number of amides is 2. The van der Waals surface area contributed by atoms with Crippen molar-refractivity contribution in [2.45, 2.75) is 25.7 Å². The van der Waals surface area contributed by atoms with Crippen molar-refractivity contribution in [1.29, 1.82) is 0 Å². The Morgan fingerprint density at radius 3 is 2.40 bits per heavy atom. The fourth-order valence-corrected chi connectivity index (χ4v) is 2.65. The molecule has 4 nitrogen and oxygen atoms in total. The van der Waals surface area contributed by atoms with E-state index in [-0.39, 0.29) is 11.8 Å². The first kappa shape index (κ1) is 15.3. The average molecular weight is 386 g/mol. The predicted octanol–water partition coefficient (Wildman–Crippen LogP) is 2.42. The highest BCUT2D eigenvalue weighted by Crippen LogP contribution is 2.10. The van der Waals surface area contributed by atoms with Gasteiger partial charge in [0.2, 0.25) is 5.91 Å². The third-order valence-electron chi connectivity index (χ3n) is 3.44. The molecule has 1 aliphatic heterocycles. The molecule has 2 amide bonds. The van der Waals surface area contributed by atoms with Crippen molar-refractivity contribution in [3.8, 4) is 0 Å². The van der Waals surface area contributed by atoms with E-state index in [4.69, 9.17) is 0 Å². The molecular formula is C15H19IN2O2. The molecule has 0 radical (unpaired) electrons. The molecule has 1 aromatic carbocycles. The van der Waals surface area contributed by atoms with Crippen LogP contribution in [0.3, 0.4) is 0 Å². The largest absolute Gasteiger partial charge is 0.352 e. The minimum absolute atomic E-state index is 0.118. The van der Waals surface area contributed by atoms with Gasteiger partial charge in [-0.15, -0.1) is 0 Å². The molecule has 0 spiro atoms. The second kappa shape index (κ2) is 7.61. The zero-order valence-corrected chi connectivity index (χ0v) is 13.6. The summed E-state index contributed by atoms with van der Waals surface area (Å²) < 4.78 is 1.10. The first-order valence-electron chi connectivity index (χ1n) is 6.98. The van der Waals surface area contributed by atoms with Crippen LogP contribution in [0.5, 0.6) is 0 Å². The Morgan fingerprint density at radius 2 is 1.75 bits per heavy atom. The van der Waals surface area contributed by atoms with Crippen LogP contribution < -0.4 is 5.32 Å². The van der Waals surface area contributed by atoms with E-state index >= 15 is 0 Å². The SMILES string of the molecule is O=C(NCCC(=O)N1CCCCC1)c1ccc(I)cc1. The summed E-state index contributed by atoms with van der Waals surface area (Å²) in [6, 6.07) is 7.38. The molecule has 5 heteroatoms. The van der Waals surface area contributed by atoms with Crippen molar-refractivity contribution in [2.75, 3.05) is 19.6 Å². The molecule has 1 saturated heterocycles. The van der Waals surface area contributed by atoms with E-state index in [2.05, 4.69) is 27.9 Å². The number of nitrogens with one attached hydrogen (secondary N) is 1. The summed E-state index contributed by atoms with van der Waals surface area (Å²) in [4.78, 5) is 25.7. The van der Waals surface area contributed by atoms with Crippen LogP contribution in [0, 0.1) is 3.57 Å². The zero-order chi connectivity index (χ0) is 14.4. The number of rotatable bonds is 4. The highest BCUT2D eigenvalue weighted by atomic mass is 127. The lowest BCUT2D eigenvalue weighted by Gasteiger charge is -2.26. The van der Waals surface area contributed by atoms with Gasteiger partial charge in [-0.1, -0.05) is 0 Å². The van der Waals surface area contributed by atoms with Gasteiger partial charge < -0.3 is 10.2 Å². The first-order valence-corrected chi connectivity index (χ1v) is 8.06. The molecule has 0 bridgehead atoms. The number of likely N-dealkylation sites (tertiary alicyclic amines) is 1. The molecule has 2 rings (SSSR count). The van der Waals surface area contributed by atoms with Crippen LogP contribution in [0.4, 0.5) is 0 Å². The van der Waals surface area contributed by atoms with Gasteiger partial charge in [-0.2, -0.15) is 0 Å². The number of nitrogens with zero attached hydrogens (tertiary/aromatic N) is 1. The topological polar surface area (TPSA) is 49.4 Å². The molecule has 0 atom stereocenters. The molecule has 1 fully saturated rings. The molecule has 1 aromatic rings. The number of halogens is 1. The van der Waals surface area contributed by atoms with E-state index in [1.807, 2.05) is 17.0 Å². The van der Waals surface area contributed by atoms with Gasteiger partial charge in [0, 0.05) is 35.2 Å². The van der Waals surface area contributed by atoms with Crippen LogP contribution in [0.15, 0.2) is 24.3 Å². The standard InChI is InChI=1S/C15H19IN2O2/c16-13-6-4-12(5-7-13)15(20)17-9-8-14(19)18-10-2-1-3-11-18/h4-7H,1-3,8-11H2,(H,17,20). The minimum Gasteiger partial charge on any atom is -0.352 e. The van der Waals surface area contributed by atoms with Gasteiger partial charge in [0.25, 0.3) is 5.91 Å². The summed E-state index contributed by atoms with van der Waals surface area (Å²) >= 11 is 2.20. The Balaban J connectivity index is 1.73. The number of carbonyl (C=O) groups excluding carboxylic acids is 2. The highest BCUT2D eigenvalue weighted by Gasteiger charge is 2.16. The number of piperidine rings is 1. The van der Waals surface area contributed by atoms with Crippen molar-refractivity contribution in [2.24, 2.45) is 0 Å².